The standard InChI is InChI=1S/C21H19N3O4/c1-11(25)24-16(21(22)26)9-14-13-4-2-3-5-15(13)23-19(14)20(24)12-6-7-17-18(8-12)28-10-27-17/h2-8,16,20,23H,9-10H2,1H3,(H2,22,26)/t16-,20-/m1/s1. The number of carbonyl (C=O) groups excluding carboxylic acids is 2. The Balaban J connectivity index is 1.76. The number of para-hydroxylation sites is 1. The lowest BCUT2D eigenvalue weighted by Gasteiger charge is -2.40. The summed E-state index contributed by atoms with van der Waals surface area (Å²) in [5.74, 6) is 0.560. The van der Waals surface area contributed by atoms with Crippen LogP contribution in [0.25, 0.3) is 10.9 Å². The van der Waals surface area contributed by atoms with E-state index in [9.17, 15) is 9.59 Å². The summed E-state index contributed by atoms with van der Waals surface area (Å²) >= 11 is 0. The molecule has 28 heavy (non-hydrogen) atoms. The number of benzene rings is 2. The van der Waals surface area contributed by atoms with E-state index >= 15 is 0 Å². The lowest BCUT2D eigenvalue weighted by Crippen LogP contribution is -2.52. The molecule has 3 heterocycles. The van der Waals surface area contributed by atoms with Gasteiger partial charge in [0.2, 0.25) is 18.6 Å². The van der Waals surface area contributed by atoms with E-state index in [2.05, 4.69) is 4.98 Å². The summed E-state index contributed by atoms with van der Waals surface area (Å²) in [6, 6.07) is 12.3. The van der Waals surface area contributed by atoms with Crippen LogP contribution in [0, 0.1) is 0 Å². The van der Waals surface area contributed by atoms with Crippen molar-refractivity contribution in [1.29, 1.82) is 0 Å². The second-order valence-electron chi connectivity index (χ2n) is 7.13. The lowest BCUT2D eigenvalue weighted by atomic mass is 9.87. The van der Waals surface area contributed by atoms with E-state index in [-0.39, 0.29) is 12.7 Å². The van der Waals surface area contributed by atoms with Crippen LogP contribution in [0.1, 0.15) is 29.8 Å². The van der Waals surface area contributed by atoms with E-state index in [0.717, 1.165) is 27.7 Å². The molecule has 0 fully saturated rings. The van der Waals surface area contributed by atoms with Crippen LogP contribution in [-0.2, 0) is 16.0 Å². The Hall–Kier alpha value is -3.48. The largest absolute Gasteiger partial charge is 0.454 e. The lowest BCUT2D eigenvalue weighted by molar-refractivity contribution is -0.140. The summed E-state index contributed by atoms with van der Waals surface area (Å²) in [5, 5.41) is 1.04. The van der Waals surface area contributed by atoms with Gasteiger partial charge in [0.05, 0.1) is 6.04 Å². The van der Waals surface area contributed by atoms with Gasteiger partial charge in [-0.3, -0.25) is 9.59 Å². The molecule has 0 saturated carbocycles. The van der Waals surface area contributed by atoms with Crippen LogP contribution in [0.3, 0.4) is 0 Å². The number of nitrogens with zero attached hydrogens (tertiary/aromatic N) is 1. The van der Waals surface area contributed by atoms with Gasteiger partial charge in [-0.15, -0.1) is 0 Å². The second-order valence-corrected chi connectivity index (χ2v) is 7.13. The first-order chi connectivity index (χ1) is 13.5. The summed E-state index contributed by atoms with van der Waals surface area (Å²) in [6.07, 6.45) is 0.384. The highest BCUT2D eigenvalue weighted by Crippen LogP contribution is 2.43. The van der Waals surface area contributed by atoms with E-state index < -0.39 is 18.0 Å². The maximum absolute atomic E-state index is 12.6. The highest BCUT2D eigenvalue weighted by atomic mass is 16.7. The zero-order chi connectivity index (χ0) is 19.4. The Morgan fingerprint density at radius 3 is 2.71 bits per heavy atom. The Kier molecular flexibility index (Phi) is 3.58. The van der Waals surface area contributed by atoms with Gasteiger partial charge in [-0.25, -0.2) is 0 Å². The number of primary amides is 1. The number of rotatable bonds is 2. The molecule has 2 aliphatic rings. The summed E-state index contributed by atoms with van der Waals surface area (Å²) in [5.41, 5.74) is 9.41. The van der Waals surface area contributed by atoms with E-state index in [0.29, 0.717) is 17.9 Å². The van der Waals surface area contributed by atoms with E-state index in [1.54, 1.807) is 4.90 Å². The van der Waals surface area contributed by atoms with Gasteiger partial charge in [0, 0.05) is 29.9 Å². The number of nitrogens with one attached hydrogen (secondary N) is 1. The molecule has 3 aromatic rings. The molecule has 2 aliphatic heterocycles. The third-order valence-electron chi connectivity index (χ3n) is 5.54. The molecule has 2 atom stereocenters. The van der Waals surface area contributed by atoms with Crippen molar-refractivity contribution in [2.45, 2.75) is 25.4 Å². The number of nitrogens with two attached hydrogens (primary N) is 1. The molecule has 3 N–H and O–H groups in total. The molecule has 142 valence electrons. The minimum Gasteiger partial charge on any atom is -0.454 e. The zero-order valence-electron chi connectivity index (χ0n) is 15.3. The predicted octanol–water partition coefficient (Wildman–Crippen LogP) is 2.24. The van der Waals surface area contributed by atoms with Crippen molar-refractivity contribution >= 4 is 22.7 Å². The summed E-state index contributed by atoms with van der Waals surface area (Å²) < 4.78 is 10.9. The molecule has 0 saturated heterocycles. The van der Waals surface area contributed by atoms with Gasteiger partial charge in [-0.2, -0.15) is 0 Å². The maximum Gasteiger partial charge on any atom is 0.240 e. The van der Waals surface area contributed by atoms with Gasteiger partial charge in [0.15, 0.2) is 11.5 Å². The molecular formula is C21H19N3O4. The first-order valence-corrected chi connectivity index (χ1v) is 9.12. The number of amides is 2. The Morgan fingerprint density at radius 2 is 1.93 bits per heavy atom. The number of H-pyrrole nitrogens is 1. The number of ether oxygens (including phenoxy) is 2. The van der Waals surface area contributed by atoms with Crippen molar-refractivity contribution in [3.8, 4) is 11.5 Å². The van der Waals surface area contributed by atoms with Gasteiger partial charge in [0.25, 0.3) is 0 Å². The number of aromatic nitrogens is 1. The summed E-state index contributed by atoms with van der Waals surface area (Å²) in [7, 11) is 0. The molecule has 1 aromatic heterocycles. The smallest absolute Gasteiger partial charge is 0.240 e. The van der Waals surface area contributed by atoms with E-state index in [1.807, 2.05) is 42.5 Å². The minimum atomic E-state index is -0.723. The SMILES string of the molecule is CC(=O)N1[C@H](c2ccc3c(c2)OCO3)c2[nH]c3ccccc3c2C[C@@H]1C(N)=O. The maximum atomic E-state index is 12.6. The van der Waals surface area contributed by atoms with Crippen LogP contribution in [-0.4, -0.2) is 34.5 Å². The Morgan fingerprint density at radius 1 is 1.14 bits per heavy atom. The second kappa shape index (κ2) is 6.02. The predicted molar refractivity (Wildman–Crippen MR) is 102 cm³/mol. The third-order valence-corrected chi connectivity index (χ3v) is 5.54. The Labute approximate surface area is 161 Å². The minimum absolute atomic E-state index is 0.168. The van der Waals surface area contributed by atoms with Crippen LogP contribution in [0.2, 0.25) is 0 Å². The first kappa shape index (κ1) is 16.7. The van der Waals surface area contributed by atoms with Crippen LogP contribution in [0.15, 0.2) is 42.5 Å². The van der Waals surface area contributed by atoms with Crippen molar-refractivity contribution < 1.29 is 19.1 Å². The molecule has 0 spiro atoms. The van der Waals surface area contributed by atoms with Crippen LogP contribution in [0.4, 0.5) is 0 Å². The van der Waals surface area contributed by atoms with E-state index in [1.165, 1.54) is 6.92 Å². The number of hydrogen-bond acceptors (Lipinski definition) is 4. The molecule has 7 heteroatoms. The molecule has 0 radical (unpaired) electrons. The molecular weight excluding hydrogens is 358 g/mol. The van der Waals surface area contributed by atoms with E-state index in [4.69, 9.17) is 15.2 Å². The van der Waals surface area contributed by atoms with Gasteiger partial charge in [-0.1, -0.05) is 24.3 Å². The fourth-order valence-electron chi connectivity index (χ4n) is 4.33. The molecule has 7 nitrogen and oxygen atoms in total. The van der Waals surface area contributed by atoms with Crippen molar-refractivity contribution in [3.63, 3.8) is 0 Å². The molecule has 2 amide bonds. The topological polar surface area (TPSA) is 97.7 Å². The van der Waals surface area contributed by atoms with Gasteiger partial charge in [0.1, 0.15) is 6.04 Å². The summed E-state index contributed by atoms with van der Waals surface area (Å²) in [6.45, 7) is 1.63. The molecule has 0 unspecified atom stereocenters. The normalized spacial score (nSPS) is 20.2. The fourth-order valence-corrected chi connectivity index (χ4v) is 4.33. The number of carbonyl (C=O) groups is 2. The van der Waals surface area contributed by atoms with Crippen LogP contribution < -0.4 is 15.2 Å². The van der Waals surface area contributed by atoms with Crippen molar-refractivity contribution in [1.82, 2.24) is 9.88 Å². The number of fused-ring (bicyclic) bond motifs is 4. The van der Waals surface area contributed by atoms with Gasteiger partial charge in [-0.05, 0) is 29.3 Å². The highest BCUT2D eigenvalue weighted by Gasteiger charge is 2.41. The van der Waals surface area contributed by atoms with Gasteiger partial charge < -0.3 is 25.1 Å². The van der Waals surface area contributed by atoms with Gasteiger partial charge >= 0.3 is 0 Å². The molecule has 2 aromatic carbocycles. The fraction of sp³-hybridized carbons (Fsp3) is 0.238. The molecule has 0 bridgehead atoms. The first-order valence-electron chi connectivity index (χ1n) is 9.12. The van der Waals surface area contributed by atoms with Crippen LogP contribution in [0.5, 0.6) is 11.5 Å². The van der Waals surface area contributed by atoms with Crippen molar-refractivity contribution in [2.24, 2.45) is 5.73 Å². The van der Waals surface area contributed by atoms with Crippen molar-refractivity contribution in [2.75, 3.05) is 6.79 Å². The summed E-state index contributed by atoms with van der Waals surface area (Å²) in [4.78, 5) is 29.9. The number of aromatic amines is 1. The number of hydrogen-bond donors (Lipinski definition) is 2. The average molecular weight is 377 g/mol. The quantitative estimate of drug-likeness (QED) is 0.716. The molecule has 5 rings (SSSR count). The highest BCUT2D eigenvalue weighted by molar-refractivity contribution is 5.91. The molecule has 0 aliphatic carbocycles. The zero-order valence-corrected chi connectivity index (χ0v) is 15.3. The van der Waals surface area contributed by atoms with Crippen molar-refractivity contribution in [3.05, 3.63) is 59.3 Å². The third kappa shape index (κ3) is 2.36. The average Bonchev–Trinajstić information content (AvgIpc) is 3.29. The van der Waals surface area contributed by atoms with Crippen LogP contribution >= 0.6 is 0 Å². The Bertz CT molecular complexity index is 1120. The monoisotopic (exact) mass is 377 g/mol.